The fourth-order valence-electron chi connectivity index (χ4n) is 5.34. The third kappa shape index (κ3) is 5.98. The fourth-order valence-corrected chi connectivity index (χ4v) is 5.34. The van der Waals surface area contributed by atoms with E-state index in [9.17, 15) is 8.78 Å². The van der Waals surface area contributed by atoms with E-state index in [4.69, 9.17) is 25.4 Å². The highest BCUT2D eigenvalue weighted by Crippen LogP contribution is 2.30. The standard InChI is InChI=1S/C29H31F2N7O3/c30-20-5-4-19(22(31)12-20)17-41-28-3-1-2-23(35-28)18-6-9-37(10-7-18)16-27-34-24-13-25(29(32)36-39)33-14-26(24)38(27)15-21-8-11-40-21/h1-5,12-14,18,21,39H,6-11,15-17H2,(H2,32,36)/t21-/m0/s1. The van der Waals surface area contributed by atoms with Crippen LogP contribution >= 0.6 is 0 Å². The second-order valence-corrected chi connectivity index (χ2v) is 10.4. The number of imidazole rings is 1. The highest BCUT2D eigenvalue weighted by molar-refractivity contribution is 5.97. The van der Waals surface area contributed by atoms with Crippen molar-refractivity contribution < 1.29 is 23.5 Å². The van der Waals surface area contributed by atoms with E-state index in [2.05, 4.69) is 24.6 Å². The van der Waals surface area contributed by atoms with Crippen molar-refractivity contribution in [3.8, 4) is 5.88 Å². The number of oxime groups is 1. The highest BCUT2D eigenvalue weighted by Gasteiger charge is 2.26. The van der Waals surface area contributed by atoms with Crippen LogP contribution in [-0.2, 0) is 24.4 Å². The zero-order chi connectivity index (χ0) is 28.3. The minimum absolute atomic E-state index is 0.0235. The number of nitrogens with two attached hydrogens (primary N) is 1. The van der Waals surface area contributed by atoms with E-state index in [1.165, 1.54) is 12.1 Å². The Morgan fingerprint density at radius 2 is 1.95 bits per heavy atom. The van der Waals surface area contributed by atoms with Gasteiger partial charge in [-0.2, -0.15) is 0 Å². The van der Waals surface area contributed by atoms with Crippen molar-refractivity contribution in [2.75, 3.05) is 19.7 Å². The van der Waals surface area contributed by atoms with Gasteiger partial charge in [-0.3, -0.25) is 9.88 Å². The van der Waals surface area contributed by atoms with Crippen LogP contribution in [0.1, 0.15) is 48.0 Å². The number of aromatic nitrogens is 4. The van der Waals surface area contributed by atoms with Gasteiger partial charge in [-0.25, -0.2) is 18.7 Å². The summed E-state index contributed by atoms with van der Waals surface area (Å²) in [5, 5.41) is 12.1. The van der Waals surface area contributed by atoms with Crippen molar-refractivity contribution in [3.63, 3.8) is 0 Å². The number of halogens is 2. The molecule has 41 heavy (non-hydrogen) atoms. The van der Waals surface area contributed by atoms with Crippen LogP contribution in [-0.4, -0.2) is 61.3 Å². The van der Waals surface area contributed by atoms with E-state index in [-0.39, 0.29) is 30.0 Å². The van der Waals surface area contributed by atoms with Gasteiger partial charge in [0.2, 0.25) is 5.88 Å². The molecule has 5 heterocycles. The third-order valence-corrected chi connectivity index (χ3v) is 7.77. The summed E-state index contributed by atoms with van der Waals surface area (Å²) < 4.78 is 40.7. The molecule has 2 fully saturated rings. The molecule has 12 heteroatoms. The molecule has 0 bridgehead atoms. The summed E-state index contributed by atoms with van der Waals surface area (Å²) in [4.78, 5) is 16.3. The predicted molar refractivity (Wildman–Crippen MR) is 147 cm³/mol. The maximum absolute atomic E-state index is 14.0. The summed E-state index contributed by atoms with van der Waals surface area (Å²) in [6, 6.07) is 10.8. The zero-order valence-corrected chi connectivity index (χ0v) is 22.4. The lowest BCUT2D eigenvalue weighted by Crippen LogP contribution is -2.35. The number of nitrogens with zero attached hydrogens (tertiary/aromatic N) is 6. The first-order valence-corrected chi connectivity index (χ1v) is 13.7. The van der Waals surface area contributed by atoms with Gasteiger partial charge in [-0.1, -0.05) is 11.2 Å². The lowest BCUT2D eigenvalue weighted by atomic mass is 9.93. The van der Waals surface area contributed by atoms with Crippen LogP contribution in [0.5, 0.6) is 5.88 Å². The van der Waals surface area contributed by atoms with Crippen molar-refractivity contribution in [1.29, 1.82) is 0 Å². The molecule has 2 aliphatic rings. The smallest absolute Gasteiger partial charge is 0.213 e. The van der Waals surface area contributed by atoms with Crippen LogP contribution in [0, 0.1) is 11.6 Å². The number of hydrogen-bond donors (Lipinski definition) is 2. The van der Waals surface area contributed by atoms with Crippen molar-refractivity contribution in [1.82, 2.24) is 24.4 Å². The van der Waals surface area contributed by atoms with E-state index in [1.54, 1.807) is 18.3 Å². The van der Waals surface area contributed by atoms with Crippen molar-refractivity contribution in [3.05, 3.63) is 83.1 Å². The molecule has 3 aromatic heterocycles. The van der Waals surface area contributed by atoms with Gasteiger partial charge in [0, 0.05) is 35.9 Å². The Labute approximate surface area is 235 Å². The number of rotatable bonds is 9. The Morgan fingerprint density at radius 3 is 2.68 bits per heavy atom. The normalized spacial score (nSPS) is 18.5. The first-order chi connectivity index (χ1) is 20.0. The number of benzene rings is 1. The molecule has 0 unspecified atom stereocenters. The molecule has 10 nitrogen and oxygen atoms in total. The Kier molecular flexibility index (Phi) is 7.75. The third-order valence-electron chi connectivity index (χ3n) is 7.77. The quantitative estimate of drug-likeness (QED) is 0.136. The molecule has 214 valence electrons. The van der Waals surface area contributed by atoms with E-state index in [0.29, 0.717) is 24.7 Å². The number of pyridine rings is 2. The van der Waals surface area contributed by atoms with E-state index in [1.807, 2.05) is 12.1 Å². The lowest BCUT2D eigenvalue weighted by Gasteiger charge is -2.32. The molecule has 0 saturated carbocycles. The van der Waals surface area contributed by atoms with Crippen molar-refractivity contribution >= 4 is 16.9 Å². The van der Waals surface area contributed by atoms with Crippen LogP contribution in [0.25, 0.3) is 11.0 Å². The Bertz CT molecular complexity index is 1570. The zero-order valence-electron chi connectivity index (χ0n) is 22.4. The fraction of sp³-hybridized carbons (Fsp3) is 0.379. The van der Waals surface area contributed by atoms with Gasteiger partial charge in [0.1, 0.15) is 29.8 Å². The van der Waals surface area contributed by atoms with Crippen LogP contribution in [0.3, 0.4) is 0 Å². The summed E-state index contributed by atoms with van der Waals surface area (Å²) in [5.74, 6) is 0.299. The molecule has 0 radical (unpaired) electrons. The molecule has 4 aromatic rings. The lowest BCUT2D eigenvalue weighted by molar-refractivity contribution is -0.0592. The summed E-state index contributed by atoms with van der Waals surface area (Å²) in [5.41, 5.74) is 8.98. The number of hydrogen-bond acceptors (Lipinski definition) is 8. The van der Waals surface area contributed by atoms with Gasteiger partial charge in [0.05, 0.1) is 36.4 Å². The second kappa shape index (κ2) is 11.8. The molecule has 2 saturated heterocycles. The Morgan fingerprint density at radius 1 is 1.12 bits per heavy atom. The monoisotopic (exact) mass is 563 g/mol. The van der Waals surface area contributed by atoms with Crippen LogP contribution in [0.2, 0.25) is 0 Å². The van der Waals surface area contributed by atoms with Crippen LogP contribution in [0.15, 0.2) is 53.8 Å². The number of ether oxygens (including phenoxy) is 2. The first kappa shape index (κ1) is 27.0. The molecule has 0 spiro atoms. The van der Waals surface area contributed by atoms with E-state index >= 15 is 0 Å². The highest BCUT2D eigenvalue weighted by atomic mass is 19.1. The summed E-state index contributed by atoms with van der Waals surface area (Å²) >= 11 is 0. The average molecular weight is 564 g/mol. The van der Waals surface area contributed by atoms with Crippen molar-refractivity contribution in [2.45, 2.75) is 51.0 Å². The van der Waals surface area contributed by atoms with Crippen molar-refractivity contribution in [2.24, 2.45) is 10.9 Å². The van der Waals surface area contributed by atoms with Gasteiger partial charge in [-0.05, 0) is 56.6 Å². The summed E-state index contributed by atoms with van der Waals surface area (Å²) in [7, 11) is 0. The Balaban J connectivity index is 1.11. The molecule has 1 atom stereocenters. The molecule has 6 rings (SSSR count). The predicted octanol–water partition coefficient (Wildman–Crippen LogP) is 3.95. The maximum Gasteiger partial charge on any atom is 0.213 e. The molecular formula is C29H31F2N7O3. The van der Waals surface area contributed by atoms with E-state index in [0.717, 1.165) is 67.6 Å². The van der Waals surface area contributed by atoms with Gasteiger partial charge in [0.15, 0.2) is 5.84 Å². The molecule has 0 amide bonds. The van der Waals surface area contributed by atoms with Gasteiger partial charge >= 0.3 is 0 Å². The molecule has 3 N–H and O–H groups in total. The van der Waals surface area contributed by atoms with Gasteiger partial charge in [-0.15, -0.1) is 0 Å². The largest absolute Gasteiger partial charge is 0.473 e. The summed E-state index contributed by atoms with van der Waals surface area (Å²) in [6.07, 6.45) is 4.72. The second-order valence-electron chi connectivity index (χ2n) is 10.4. The number of piperidine rings is 1. The maximum atomic E-state index is 14.0. The molecule has 1 aromatic carbocycles. The van der Waals surface area contributed by atoms with E-state index < -0.39 is 11.6 Å². The number of amidine groups is 1. The number of likely N-dealkylation sites (tertiary alicyclic amines) is 1. The minimum atomic E-state index is -0.637. The minimum Gasteiger partial charge on any atom is -0.473 e. The summed E-state index contributed by atoms with van der Waals surface area (Å²) in [6.45, 7) is 3.86. The Hall–Kier alpha value is -4.16. The molecule has 2 aliphatic heterocycles. The SMILES string of the molecule is NC(=NO)c1cc2nc(CN3CCC(c4cccc(OCc5ccc(F)cc5F)n4)CC3)n(C[C@@H]3CCO3)c2cn1. The van der Waals surface area contributed by atoms with Crippen LogP contribution < -0.4 is 10.5 Å². The number of fused-ring (bicyclic) bond motifs is 1. The topological polar surface area (TPSA) is 124 Å². The van der Waals surface area contributed by atoms with Crippen LogP contribution in [0.4, 0.5) is 8.78 Å². The van der Waals surface area contributed by atoms with Gasteiger partial charge < -0.3 is 25.0 Å². The first-order valence-electron chi connectivity index (χ1n) is 13.7. The molecule has 0 aliphatic carbocycles. The van der Waals surface area contributed by atoms with Gasteiger partial charge in [0.25, 0.3) is 0 Å². The molecular weight excluding hydrogens is 532 g/mol. The average Bonchev–Trinajstić information content (AvgIpc) is 3.30.